The maximum absolute atomic E-state index is 12.4. The van der Waals surface area contributed by atoms with Crippen LogP contribution in [0.1, 0.15) is 101 Å². The van der Waals surface area contributed by atoms with Crippen molar-refractivity contribution in [2.24, 2.45) is 0 Å². The summed E-state index contributed by atoms with van der Waals surface area (Å²) < 4.78 is 5.60. The maximum atomic E-state index is 12.4. The minimum absolute atomic E-state index is 0.274. The van der Waals surface area contributed by atoms with E-state index in [1.165, 1.54) is 71.1 Å². The smallest absolute Gasteiger partial charge is 0.338 e. The summed E-state index contributed by atoms with van der Waals surface area (Å²) in [6.45, 7) is 3.32. The van der Waals surface area contributed by atoms with Crippen molar-refractivity contribution in [1.29, 1.82) is 0 Å². The first-order valence-corrected chi connectivity index (χ1v) is 12.4. The molecular formula is C27H43NO4. The zero-order valence-electron chi connectivity index (χ0n) is 20.1. The Hall–Kier alpha value is -2.14. The standard InChI is InChI=1S/C27H43NO4/c1-3-4-5-6-7-8-9-10-11-12-13-14-18-21-26(25(22-29)28-23(2)30)32-27(31)24-19-16-15-17-20-24/h15-21,25-26,29H,3-14,22H2,1-2H3,(H,28,30). The quantitative estimate of drug-likeness (QED) is 0.166. The lowest BCUT2D eigenvalue weighted by molar-refractivity contribution is -0.120. The Morgan fingerprint density at radius 1 is 0.938 bits per heavy atom. The lowest BCUT2D eigenvalue weighted by atomic mass is 10.0. The van der Waals surface area contributed by atoms with Gasteiger partial charge in [-0.25, -0.2) is 4.79 Å². The Balaban J connectivity index is 2.37. The van der Waals surface area contributed by atoms with Gasteiger partial charge in [0.1, 0.15) is 6.10 Å². The molecule has 5 nitrogen and oxygen atoms in total. The van der Waals surface area contributed by atoms with Gasteiger partial charge in [-0.3, -0.25) is 4.79 Å². The van der Waals surface area contributed by atoms with Crippen molar-refractivity contribution in [2.75, 3.05) is 6.61 Å². The summed E-state index contributed by atoms with van der Waals surface area (Å²) in [5.41, 5.74) is 0.441. The highest BCUT2D eigenvalue weighted by Crippen LogP contribution is 2.13. The number of aliphatic hydroxyl groups excluding tert-OH is 1. The Labute approximate surface area is 194 Å². The molecule has 1 amide bonds. The van der Waals surface area contributed by atoms with E-state index in [2.05, 4.69) is 12.2 Å². The zero-order valence-corrected chi connectivity index (χ0v) is 20.1. The maximum Gasteiger partial charge on any atom is 0.338 e. The van der Waals surface area contributed by atoms with Gasteiger partial charge < -0.3 is 15.2 Å². The van der Waals surface area contributed by atoms with Crippen molar-refractivity contribution >= 4 is 11.9 Å². The summed E-state index contributed by atoms with van der Waals surface area (Å²) in [5.74, 6) is -0.748. The summed E-state index contributed by atoms with van der Waals surface area (Å²) in [4.78, 5) is 23.9. The third-order valence-electron chi connectivity index (χ3n) is 5.53. The number of nitrogens with one attached hydrogen (secondary N) is 1. The van der Waals surface area contributed by atoms with Gasteiger partial charge in [-0.05, 0) is 31.1 Å². The van der Waals surface area contributed by atoms with Crippen molar-refractivity contribution in [3.63, 3.8) is 0 Å². The molecule has 0 aliphatic carbocycles. The second-order valence-electron chi connectivity index (χ2n) is 8.48. The molecule has 0 saturated carbocycles. The van der Waals surface area contributed by atoms with Gasteiger partial charge >= 0.3 is 5.97 Å². The van der Waals surface area contributed by atoms with Gasteiger partial charge in [0, 0.05) is 6.92 Å². The molecule has 2 unspecified atom stereocenters. The molecule has 0 aliphatic heterocycles. The fourth-order valence-electron chi connectivity index (χ4n) is 3.67. The van der Waals surface area contributed by atoms with E-state index in [1.54, 1.807) is 30.3 Å². The first-order valence-electron chi connectivity index (χ1n) is 12.4. The Bertz CT molecular complexity index is 644. The van der Waals surface area contributed by atoms with Crippen LogP contribution >= 0.6 is 0 Å². The van der Waals surface area contributed by atoms with Gasteiger partial charge in [0.2, 0.25) is 5.91 Å². The van der Waals surface area contributed by atoms with Crippen LogP contribution in [0, 0.1) is 0 Å². The van der Waals surface area contributed by atoms with E-state index in [9.17, 15) is 14.7 Å². The number of esters is 1. The Morgan fingerprint density at radius 2 is 1.50 bits per heavy atom. The first-order chi connectivity index (χ1) is 15.6. The SMILES string of the molecule is CCCCCCCCCCCCCC=CC(OC(=O)c1ccccc1)C(CO)NC(C)=O. The minimum atomic E-state index is -0.718. The first kappa shape index (κ1) is 27.9. The molecular weight excluding hydrogens is 402 g/mol. The van der Waals surface area contributed by atoms with E-state index < -0.39 is 18.1 Å². The highest BCUT2D eigenvalue weighted by atomic mass is 16.5. The number of amides is 1. The molecule has 0 spiro atoms. The minimum Gasteiger partial charge on any atom is -0.452 e. The van der Waals surface area contributed by atoms with Crippen molar-refractivity contribution < 1.29 is 19.4 Å². The summed E-state index contributed by atoms with van der Waals surface area (Å²) in [6.07, 6.45) is 18.2. The topological polar surface area (TPSA) is 75.6 Å². The average molecular weight is 446 g/mol. The largest absolute Gasteiger partial charge is 0.452 e. The van der Waals surface area contributed by atoms with E-state index >= 15 is 0 Å². The number of ether oxygens (including phenoxy) is 1. The van der Waals surface area contributed by atoms with E-state index in [-0.39, 0.29) is 12.5 Å². The molecule has 5 heteroatoms. The number of aliphatic hydroxyl groups is 1. The van der Waals surface area contributed by atoms with Crippen LogP contribution in [0.3, 0.4) is 0 Å². The number of allylic oxidation sites excluding steroid dienone is 1. The summed E-state index contributed by atoms with van der Waals surface area (Å²) in [5, 5.41) is 12.4. The number of hydrogen-bond acceptors (Lipinski definition) is 4. The van der Waals surface area contributed by atoms with Crippen LogP contribution in [-0.4, -0.2) is 35.7 Å². The van der Waals surface area contributed by atoms with Crippen LogP contribution in [0.2, 0.25) is 0 Å². The van der Waals surface area contributed by atoms with Gasteiger partial charge in [0.05, 0.1) is 18.2 Å². The second-order valence-corrected chi connectivity index (χ2v) is 8.48. The lowest BCUT2D eigenvalue weighted by Crippen LogP contribution is -2.46. The van der Waals surface area contributed by atoms with Crippen molar-refractivity contribution in [3.05, 3.63) is 48.0 Å². The number of hydrogen-bond donors (Lipinski definition) is 2. The zero-order chi connectivity index (χ0) is 23.4. The molecule has 2 N–H and O–H groups in total. The van der Waals surface area contributed by atoms with E-state index in [1.807, 2.05) is 12.1 Å². The van der Waals surface area contributed by atoms with Crippen molar-refractivity contribution in [2.45, 2.75) is 103 Å². The Kier molecular flexibility index (Phi) is 16.1. The lowest BCUT2D eigenvalue weighted by Gasteiger charge is -2.23. The molecule has 1 aromatic carbocycles. The molecule has 0 bridgehead atoms. The molecule has 1 aromatic rings. The molecule has 0 aromatic heterocycles. The van der Waals surface area contributed by atoms with Crippen LogP contribution in [0.15, 0.2) is 42.5 Å². The highest BCUT2D eigenvalue weighted by Gasteiger charge is 2.23. The number of unbranched alkanes of at least 4 members (excludes halogenated alkanes) is 11. The molecule has 180 valence electrons. The van der Waals surface area contributed by atoms with Gasteiger partial charge in [-0.1, -0.05) is 95.4 Å². The van der Waals surface area contributed by atoms with Crippen LogP contribution < -0.4 is 5.32 Å². The predicted octanol–water partition coefficient (Wildman–Crippen LogP) is 5.97. The fraction of sp³-hybridized carbons (Fsp3) is 0.630. The van der Waals surface area contributed by atoms with Crippen LogP contribution in [0.5, 0.6) is 0 Å². The van der Waals surface area contributed by atoms with E-state index in [4.69, 9.17) is 4.74 Å². The number of rotatable bonds is 18. The monoisotopic (exact) mass is 445 g/mol. The fourth-order valence-corrected chi connectivity index (χ4v) is 3.67. The van der Waals surface area contributed by atoms with Gasteiger partial charge in [-0.2, -0.15) is 0 Å². The third kappa shape index (κ3) is 13.3. The van der Waals surface area contributed by atoms with Gasteiger partial charge in [0.25, 0.3) is 0 Å². The van der Waals surface area contributed by atoms with E-state index in [0.29, 0.717) is 5.56 Å². The van der Waals surface area contributed by atoms with E-state index in [0.717, 1.165) is 12.8 Å². The molecule has 0 aliphatic rings. The summed E-state index contributed by atoms with van der Waals surface area (Å²) >= 11 is 0. The average Bonchev–Trinajstić information content (AvgIpc) is 2.80. The normalized spacial score (nSPS) is 13.1. The Morgan fingerprint density at radius 3 is 2.03 bits per heavy atom. The summed E-state index contributed by atoms with van der Waals surface area (Å²) in [7, 11) is 0. The molecule has 2 atom stereocenters. The number of benzene rings is 1. The number of carbonyl (C=O) groups excluding carboxylic acids is 2. The predicted molar refractivity (Wildman–Crippen MR) is 131 cm³/mol. The molecule has 0 saturated heterocycles. The third-order valence-corrected chi connectivity index (χ3v) is 5.53. The van der Waals surface area contributed by atoms with Crippen LogP contribution in [0.4, 0.5) is 0 Å². The van der Waals surface area contributed by atoms with Gasteiger partial charge in [-0.15, -0.1) is 0 Å². The van der Waals surface area contributed by atoms with Crippen molar-refractivity contribution in [3.8, 4) is 0 Å². The molecule has 32 heavy (non-hydrogen) atoms. The van der Waals surface area contributed by atoms with Crippen LogP contribution in [0.25, 0.3) is 0 Å². The molecule has 0 fully saturated rings. The van der Waals surface area contributed by atoms with Gasteiger partial charge in [0.15, 0.2) is 0 Å². The molecule has 0 heterocycles. The summed E-state index contributed by atoms with van der Waals surface area (Å²) in [6, 6.07) is 8.06. The second kappa shape index (κ2) is 18.4. The number of carbonyl (C=O) groups is 2. The van der Waals surface area contributed by atoms with Crippen molar-refractivity contribution in [1.82, 2.24) is 5.32 Å². The highest BCUT2D eigenvalue weighted by molar-refractivity contribution is 5.89. The molecule has 0 radical (unpaired) electrons. The molecule has 1 rings (SSSR count). The van der Waals surface area contributed by atoms with Crippen LogP contribution in [-0.2, 0) is 9.53 Å².